The molecule has 0 saturated heterocycles. The van der Waals surface area contributed by atoms with E-state index in [9.17, 15) is 8.42 Å². The van der Waals surface area contributed by atoms with Gasteiger partial charge in [-0.1, -0.05) is 16.8 Å². The van der Waals surface area contributed by atoms with E-state index in [0.29, 0.717) is 10.8 Å². The van der Waals surface area contributed by atoms with Crippen LogP contribution in [0.15, 0.2) is 73.3 Å². The molecule has 0 amide bonds. The smallest absolute Gasteiger partial charge is 0.293 e. The van der Waals surface area contributed by atoms with E-state index in [1.165, 1.54) is 19.2 Å². The molecule has 2 heterocycles. The molecule has 0 aliphatic heterocycles. The number of rotatable bonds is 7. The number of furan rings is 1. The van der Waals surface area contributed by atoms with Crippen LogP contribution in [0.2, 0.25) is 5.02 Å². The lowest BCUT2D eigenvalue weighted by molar-refractivity contribution is 0.402. The maximum atomic E-state index is 12.9. The molecule has 160 valence electrons. The van der Waals surface area contributed by atoms with Crippen LogP contribution >= 0.6 is 23.4 Å². The molecule has 31 heavy (non-hydrogen) atoms. The summed E-state index contributed by atoms with van der Waals surface area (Å²) in [6.45, 7) is 0. The van der Waals surface area contributed by atoms with Crippen LogP contribution in [0.1, 0.15) is 5.76 Å². The highest BCUT2D eigenvalue weighted by molar-refractivity contribution is 7.98. The Morgan fingerprint density at radius 3 is 2.58 bits per heavy atom. The van der Waals surface area contributed by atoms with Crippen LogP contribution in [0.5, 0.6) is 5.75 Å². The van der Waals surface area contributed by atoms with Gasteiger partial charge in [-0.25, -0.2) is 8.42 Å². The molecule has 4 aromatic rings. The van der Waals surface area contributed by atoms with Crippen molar-refractivity contribution in [2.75, 3.05) is 13.4 Å². The van der Waals surface area contributed by atoms with Gasteiger partial charge >= 0.3 is 0 Å². The number of hydrogen-bond donors (Lipinski definition) is 0. The molecule has 0 aliphatic carbocycles. The molecule has 0 N–H and O–H groups in total. The number of ether oxygens (including phenoxy) is 1. The molecular formula is C21H17ClN2O5S2. The molecule has 10 heteroatoms. The lowest BCUT2D eigenvalue weighted by Crippen LogP contribution is -2.06. The van der Waals surface area contributed by atoms with Crippen LogP contribution in [0.25, 0.3) is 23.0 Å². The van der Waals surface area contributed by atoms with Crippen molar-refractivity contribution >= 4 is 33.2 Å². The van der Waals surface area contributed by atoms with Gasteiger partial charge in [0.1, 0.15) is 22.2 Å². The number of thioether (sulfide) groups is 1. The number of hydrogen-bond acceptors (Lipinski definition) is 8. The summed E-state index contributed by atoms with van der Waals surface area (Å²) < 4.78 is 41.9. The summed E-state index contributed by atoms with van der Waals surface area (Å²) in [6.07, 6.45) is 2.00. The zero-order valence-corrected chi connectivity index (χ0v) is 18.9. The lowest BCUT2D eigenvalue weighted by Gasteiger charge is -2.09. The second-order valence-electron chi connectivity index (χ2n) is 6.47. The normalized spacial score (nSPS) is 11.6. The van der Waals surface area contributed by atoms with E-state index in [-0.39, 0.29) is 33.8 Å². The van der Waals surface area contributed by atoms with E-state index in [1.54, 1.807) is 30.0 Å². The Kier molecular flexibility index (Phi) is 6.08. The van der Waals surface area contributed by atoms with Gasteiger partial charge in [-0.15, -0.1) is 11.8 Å². The molecule has 4 rings (SSSR count). The van der Waals surface area contributed by atoms with Crippen LogP contribution in [-0.2, 0) is 15.6 Å². The molecular weight excluding hydrogens is 460 g/mol. The topological polar surface area (TPSA) is 95.4 Å². The van der Waals surface area contributed by atoms with Crippen molar-refractivity contribution in [2.24, 2.45) is 0 Å². The Balaban J connectivity index is 1.56. The maximum absolute atomic E-state index is 12.9. The van der Waals surface area contributed by atoms with Gasteiger partial charge in [0.05, 0.1) is 7.11 Å². The Morgan fingerprint density at radius 2 is 1.87 bits per heavy atom. The highest BCUT2D eigenvalue weighted by Crippen LogP contribution is 2.31. The zero-order chi connectivity index (χ0) is 22.0. The third kappa shape index (κ3) is 4.63. The third-order valence-corrected chi connectivity index (χ3v) is 7.07. The first kappa shape index (κ1) is 21.5. The van der Waals surface area contributed by atoms with Crippen molar-refractivity contribution in [3.05, 3.63) is 65.4 Å². The molecule has 2 aromatic carbocycles. The van der Waals surface area contributed by atoms with E-state index in [2.05, 4.69) is 10.1 Å². The Morgan fingerprint density at radius 1 is 1.10 bits per heavy atom. The monoisotopic (exact) mass is 476 g/mol. The highest BCUT2D eigenvalue weighted by Gasteiger charge is 2.23. The fourth-order valence-electron chi connectivity index (χ4n) is 2.91. The number of aromatic nitrogens is 2. The van der Waals surface area contributed by atoms with E-state index in [4.69, 9.17) is 25.3 Å². The predicted octanol–water partition coefficient (Wildman–Crippen LogP) is 5.35. The summed E-state index contributed by atoms with van der Waals surface area (Å²) in [6, 6.07) is 15.3. The molecule has 0 fully saturated rings. The molecule has 0 spiro atoms. The lowest BCUT2D eigenvalue weighted by atomic mass is 10.2. The molecule has 0 saturated carbocycles. The van der Waals surface area contributed by atoms with Gasteiger partial charge in [0.2, 0.25) is 5.82 Å². The van der Waals surface area contributed by atoms with Crippen LogP contribution in [0.3, 0.4) is 0 Å². The van der Waals surface area contributed by atoms with Crippen LogP contribution < -0.4 is 4.74 Å². The molecule has 0 atom stereocenters. The largest absolute Gasteiger partial charge is 0.495 e. The fraction of sp³-hybridized carbons (Fsp3) is 0.143. The number of sulfone groups is 1. The first-order valence-corrected chi connectivity index (χ1v) is 12.3. The third-order valence-electron chi connectivity index (χ3n) is 4.44. The van der Waals surface area contributed by atoms with Crippen molar-refractivity contribution in [1.82, 2.24) is 10.1 Å². The zero-order valence-electron chi connectivity index (χ0n) is 16.5. The quantitative estimate of drug-likeness (QED) is 0.329. The number of methoxy groups -OCH3 is 1. The van der Waals surface area contributed by atoms with Crippen molar-refractivity contribution in [2.45, 2.75) is 15.5 Å². The van der Waals surface area contributed by atoms with Gasteiger partial charge in [0.25, 0.3) is 5.89 Å². The minimum Gasteiger partial charge on any atom is -0.495 e. The molecule has 0 bridgehead atoms. The Labute approximate surface area is 188 Å². The SMILES string of the molecule is COc1ccc(Cl)cc1S(=O)(=O)Cc1ccc(-c2nc(-c3ccc(SC)cc3)no2)o1. The standard InChI is InChI=1S/C21H17ClN2O5S2/c1-27-17-9-5-14(22)11-19(17)31(25,26)12-15-6-10-18(28-15)21-23-20(24-29-21)13-3-7-16(30-2)8-4-13/h3-11H,12H2,1-2H3. The average molecular weight is 477 g/mol. The van der Waals surface area contributed by atoms with Crippen molar-refractivity contribution in [3.8, 4) is 28.8 Å². The second kappa shape index (κ2) is 8.78. The average Bonchev–Trinajstić information content (AvgIpc) is 3.43. The molecule has 0 unspecified atom stereocenters. The molecule has 7 nitrogen and oxygen atoms in total. The van der Waals surface area contributed by atoms with E-state index in [0.717, 1.165) is 10.5 Å². The minimum atomic E-state index is -3.76. The predicted molar refractivity (Wildman–Crippen MR) is 118 cm³/mol. The van der Waals surface area contributed by atoms with Gasteiger partial charge in [-0.3, -0.25) is 0 Å². The Bertz CT molecular complexity index is 1310. The number of benzene rings is 2. The second-order valence-corrected chi connectivity index (χ2v) is 9.75. The molecule has 2 aromatic heterocycles. The summed E-state index contributed by atoms with van der Waals surface area (Å²) in [5.74, 6) is 0.916. The van der Waals surface area contributed by atoms with Crippen LogP contribution in [0.4, 0.5) is 0 Å². The first-order chi connectivity index (χ1) is 14.9. The minimum absolute atomic E-state index is 0.00536. The summed E-state index contributed by atoms with van der Waals surface area (Å²) in [5.41, 5.74) is 0.801. The Hall–Kier alpha value is -2.75. The number of halogens is 1. The maximum Gasteiger partial charge on any atom is 0.293 e. The summed E-state index contributed by atoms with van der Waals surface area (Å²) in [4.78, 5) is 5.47. The number of nitrogens with zero attached hydrogens (tertiary/aromatic N) is 2. The first-order valence-electron chi connectivity index (χ1n) is 9.03. The van der Waals surface area contributed by atoms with E-state index < -0.39 is 9.84 Å². The van der Waals surface area contributed by atoms with Gasteiger partial charge in [-0.05, 0) is 60.9 Å². The van der Waals surface area contributed by atoms with Gasteiger partial charge in [0, 0.05) is 15.5 Å². The van der Waals surface area contributed by atoms with Crippen molar-refractivity contribution in [3.63, 3.8) is 0 Å². The van der Waals surface area contributed by atoms with Gasteiger partial charge in [0.15, 0.2) is 15.6 Å². The highest BCUT2D eigenvalue weighted by atomic mass is 35.5. The van der Waals surface area contributed by atoms with Gasteiger partial charge in [-0.2, -0.15) is 4.98 Å². The summed E-state index contributed by atoms with van der Waals surface area (Å²) in [7, 11) is -2.37. The summed E-state index contributed by atoms with van der Waals surface area (Å²) >= 11 is 7.60. The van der Waals surface area contributed by atoms with Crippen molar-refractivity contribution in [1.29, 1.82) is 0 Å². The van der Waals surface area contributed by atoms with Crippen LogP contribution in [0, 0.1) is 0 Å². The molecule has 0 radical (unpaired) electrons. The molecule has 0 aliphatic rings. The summed E-state index contributed by atoms with van der Waals surface area (Å²) in [5, 5.41) is 4.27. The van der Waals surface area contributed by atoms with E-state index in [1.807, 2.05) is 30.5 Å². The fourth-order valence-corrected chi connectivity index (χ4v) is 5.00. The van der Waals surface area contributed by atoms with Crippen LogP contribution in [-0.4, -0.2) is 31.9 Å². The van der Waals surface area contributed by atoms with Crippen molar-refractivity contribution < 1.29 is 22.1 Å². The van der Waals surface area contributed by atoms with Gasteiger partial charge < -0.3 is 13.7 Å². The van der Waals surface area contributed by atoms with E-state index >= 15 is 0 Å².